The SMILES string of the molecule is CN1C(=O)CCC(Nc2ncccc2C(N)=S)C1=O. The Morgan fingerprint density at radius 1 is 1.58 bits per heavy atom. The molecule has 0 radical (unpaired) electrons. The lowest BCUT2D eigenvalue weighted by Gasteiger charge is -2.28. The fourth-order valence-electron chi connectivity index (χ4n) is 1.93. The highest BCUT2D eigenvalue weighted by atomic mass is 32.1. The highest BCUT2D eigenvalue weighted by Gasteiger charge is 2.32. The quantitative estimate of drug-likeness (QED) is 0.609. The van der Waals surface area contributed by atoms with E-state index in [0.29, 0.717) is 24.2 Å². The van der Waals surface area contributed by atoms with E-state index in [2.05, 4.69) is 10.3 Å². The van der Waals surface area contributed by atoms with E-state index < -0.39 is 6.04 Å². The Kier molecular flexibility index (Phi) is 3.75. The second kappa shape index (κ2) is 5.31. The fourth-order valence-corrected chi connectivity index (χ4v) is 2.10. The minimum Gasteiger partial charge on any atom is -0.389 e. The van der Waals surface area contributed by atoms with Crippen LogP contribution in [0.1, 0.15) is 18.4 Å². The van der Waals surface area contributed by atoms with Crippen molar-refractivity contribution in [1.82, 2.24) is 9.88 Å². The highest BCUT2D eigenvalue weighted by Crippen LogP contribution is 2.18. The van der Waals surface area contributed by atoms with Gasteiger partial charge in [0.1, 0.15) is 16.8 Å². The summed E-state index contributed by atoms with van der Waals surface area (Å²) < 4.78 is 0. The zero-order valence-electron chi connectivity index (χ0n) is 10.4. The molecule has 1 aromatic heterocycles. The van der Waals surface area contributed by atoms with E-state index in [1.807, 2.05) is 0 Å². The summed E-state index contributed by atoms with van der Waals surface area (Å²) in [6.07, 6.45) is 2.36. The molecule has 1 unspecified atom stereocenters. The average molecular weight is 278 g/mol. The fraction of sp³-hybridized carbons (Fsp3) is 0.333. The first-order chi connectivity index (χ1) is 9.00. The van der Waals surface area contributed by atoms with Gasteiger partial charge in [0.15, 0.2) is 0 Å². The van der Waals surface area contributed by atoms with Gasteiger partial charge in [-0.1, -0.05) is 12.2 Å². The molecular weight excluding hydrogens is 264 g/mol. The number of thiocarbonyl (C=S) groups is 1. The number of carbonyl (C=O) groups excluding carboxylic acids is 2. The van der Waals surface area contributed by atoms with E-state index in [-0.39, 0.29) is 16.8 Å². The third-order valence-corrected chi connectivity index (χ3v) is 3.25. The first-order valence-electron chi connectivity index (χ1n) is 5.82. The maximum absolute atomic E-state index is 12.0. The molecule has 3 N–H and O–H groups in total. The summed E-state index contributed by atoms with van der Waals surface area (Å²) in [5.41, 5.74) is 6.19. The summed E-state index contributed by atoms with van der Waals surface area (Å²) in [5, 5.41) is 3.01. The number of nitrogens with two attached hydrogens (primary N) is 1. The molecule has 1 fully saturated rings. The van der Waals surface area contributed by atoms with Crippen LogP contribution in [0.3, 0.4) is 0 Å². The van der Waals surface area contributed by atoms with Crippen molar-refractivity contribution in [2.24, 2.45) is 5.73 Å². The molecule has 2 rings (SSSR count). The number of piperidine rings is 1. The van der Waals surface area contributed by atoms with Gasteiger partial charge in [-0.15, -0.1) is 0 Å². The van der Waals surface area contributed by atoms with Crippen molar-refractivity contribution in [1.29, 1.82) is 0 Å². The molecular formula is C12H14N4O2S. The topological polar surface area (TPSA) is 88.3 Å². The van der Waals surface area contributed by atoms with Crippen LogP contribution in [0, 0.1) is 0 Å². The van der Waals surface area contributed by atoms with Crippen LogP contribution in [0.25, 0.3) is 0 Å². The summed E-state index contributed by atoms with van der Waals surface area (Å²) in [5.74, 6) is 0.0329. The maximum atomic E-state index is 12.0. The lowest BCUT2D eigenvalue weighted by Crippen LogP contribution is -2.48. The van der Waals surface area contributed by atoms with Crippen LogP contribution in [0.4, 0.5) is 5.82 Å². The van der Waals surface area contributed by atoms with Gasteiger partial charge in [-0.05, 0) is 18.6 Å². The van der Waals surface area contributed by atoms with E-state index in [1.165, 1.54) is 7.05 Å². The zero-order chi connectivity index (χ0) is 14.0. The lowest BCUT2D eigenvalue weighted by atomic mass is 10.0. The minimum atomic E-state index is -0.481. The first-order valence-corrected chi connectivity index (χ1v) is 6.23. The number of imide groups is 1. The Morgan fingerprint density at radius 2 is 2.32 bits per heavy atom. The molecule has 0 aliphatic carbocycles. The third-order valence-electron chi connectivity index (χ3n) is 3.03. The number of anilines is 1. The van der Waals surface area contributed by atoms with Gasteiger partial charge < -0.3 is 11.1 Å². The van der Waals surface area contributed by atoms with Crippen LogP contribution in [0.15, 0.2) is 18.3 Å². The molecule has 19 heavy (non-hydrogen) atoms. The monoisotopic (exact) mass is 278 g/mol. The molecule has 2 heterocycles. The Balaban J connectivity index is 2.20. The van der Waals surface area contributed by atoms with Gasteiger partial charge in [0, 0.05) is 19.7 Å². The van der Waals surface area contributed by atoms with Gasteiger partial charge in [0.05, 0.1) is 5.56 Å². The van der Waals surface area contributed by atoms with Crippen LogP contribution in [0.5, 0.6) is 0 Å². The summed E-state index contributed by atoms with van der Waals surface area (Å²) >= 11 is 4.94. The van der Waals surface area contributed by atoms with Gasteiger partial charge >= 0.3 is 0 Å². The van der Waals surface area contributed by atoms with E-state index in [4.69, 9.17) is 18.0 Å². The van der Waals surface area contributed by atoms with Gasteiger partial charge in [0.25, 0.3) is 5.91 Å². The van der Waals surface area contributed by atoms with E-state index in [1.54, 1.807) is 18.3 Å². The molecule has 1 aliphatic heterocycles. The van der Waals surface area contributed by atoms with Crippen LogP contribution in [-0.2, 0) is 9.59 Å². The Hall–Kier alpha value is -2.02. The van der Waals surface area contributed by atoms with E-state index >= 15 is 0 Å². The lowest BCUT2D eigenvalue weighted by molar-refractivity contribution is -0.146. The molecule has 0 spiro atoms. The molecule has 2 amide bonds. The molecule has 100 valence electrons. The summed E-state index contributed by atoms with van der Waals surface area (Å²) in [6.45, 7) is 0. The van der Waals surface area contributed by atoms with Gasteiger partial charge in [0.2, 0.25) is 5.91 Å². The van der Waals surface area contributed by atoms with Gasteiger partial charge in [-0.2, -0.15) is 0 Å². The molecule has 1 atom stereocenters. The molecule has 0 saturated carbocycles. The standard InChI is InChI=1S/C12H14N4O2S/c1-16-9(17)5-4-8(12(16)18)15-11-7(10(13)19)3-2-6-14-11/h2-3,6,8H,4-5H2,1H3,(H2,13,19)(H,14,15). The normalized spacial score (nSPS) is 19.4. The number of rotatable bonds is 3. The molecule has 0 bridgehead atoms. The van der Waals surface area contributed by atoms with Crippen LogP contribution < -0.4 is 11.1 Å². The van der Waals surface area contributed by atoms with Gasteiger partial charge in [-0.25, -0.2) is 4.98 Å². The van der Waals surface area contributed by atoms with Crippen LogP contribution in [0.2, 0.25) is 0 Å². The zero-order valence-corrected chi connectivity index (χ0v) is 11.2. The number of pyridine rings is 1. The molecule has 6 nitrogen and oxygen atoms in total. The average Bonchev–Trinajstić information content (AvgIpc) is 2.40. The second-order valence-electron chi connectivity index (χ2n) is 4.29. The van der Waals surface area contributed by atoms with Crippen molar-refractivity contribution in [3.63, 3.8) is 0 Å². The van der Waals surface area contributed by atoms with Crippen molar-refractivity contribution >= 4 is 34.8 Å². The van der Waals surface area contributed by atoms with Crippen molar-refractivity contribution in [2.45, 2.75) is 18.9 Å². The largest absolute Gasteiger partial charge is 0.389 e. The second-order valence-corrected chi connectivity index (χ2v) is 4.73. The summed E-state index contributed by atoms with van der Waals surface area (Å²) in [4.78, 5) is 28.8. The Bertz CT molecular complexity index is 546. The van der Waals surface area contributed by atoms with Crippen molar-refractivity contribution in [2.75, 3.05) is 12.4 Å². The molecule has 1 aliphatic rings. The molecule has 1 saturated heterocycles. The Labute approximate surface area is 116 Å². The van der Waals surface area contributed by atoms with Gasteiger partial charge in [-0.3, -0.25) is 14.5 Å². The summed E-state index contributed by atoms with van der Waals surface area (Å²) in [6, 6.07) is 2.98. The number of aromatic nitrogens is 1. The van der Waals surface area contributed by atoms with Crippen LogP contribution in [-0.4, -0.2) is 39.8 Å². The van der Waals surface area contributed by atoms with Crippen molar-refractivity contribution in [3.05, 3.63) is 23.9 Å². The van der Waals surface area contributed by atoms with Crippen LogP contribution >= 0.6 is 12.2 Å². The maximum Gasteiger partial charge on any atom is 0.251 e. The number of likely N-dealkylation sites (tertiary alicyclic amines) is 1. The number of nitrogens with one attached hydrogen (secondary N) is 1. The Morgan fingerprint density at radius 3 is 3.00 bits per heavy atom. The number of hydrogen-bond donors (Lipinski definition) is 2. The van der Waals surface area contributed by atoms with E-state index in [9.17, 15) is 9.59 Å². The number of carbonyl (C=O) groups is 2. The summed E-state index contributed by atoms with van der Waals surface area (Å²) in [7, 11) is 1.48. The number of hydrogen-bond acceptors (Lipinski definition) is 5. The molecule has 7 heteroatoms. The minimum absolute atomic E-state index is 0.168. The van der Waals surface area contributed by atoms with Crippen molar-refractivity contribution in [3.8, 4) is 0 Å². The number of nitrogens with zero attached hydrogens (tertiary/aromatic N) is 2. The predicted octanol–water partition coefficient (Wildman–Crippen LogP) is 0.275. The molecule has 1 aromatic rings. The number of amides is 2. The smallest absolute Gasteiger partial charge is 0.251 e. The van der Waals surface area contributed by atoms with E-state index in [0.717, 1.165) is 4.90 Å². The first kappa shape index (κ1) is 13.4. The predicted molar refractivity (Wildman–Crippen MR) is 74.5 cm³/mol. The number of likely N-dealkylation sites (N-methyl/N-ethyl adjacent to an activating group) is 1. The van der Waals surface area contributed by atoms with Crippen molar-refractivity contribution < 1.29 is 9.59 Å². The molecule has 0 aromatic carbocycles. The highest BCUT2D eigenvalue weighted by molar-refractivity contribution is 7.80. The third kappa shape index (κ3) is 2.70.